The summed E-state index contributed by atoms with van der Waals surface area (Å²) >= 11 is 0. The molecule has 0 atom stereocenters. The topological polar surface area (TPSA) is 77.2 Å². The Hall–Kier alpha value is -2.09. The molecule has 0 amide bonds. The molecule has 19 heavy (non-hydrogen) atoms. The molecular weight excluding hydrogens is 242 g/mol. The SMILES string of the molecule is Cc1cc(C)c(C#N)c(N(CC(=O)O)C(C)(C)C)n1. The fraction of sp³-hybridized carbons (Fsp3) is 0.500. The van der Waals surface area contributed by atoms with E-state index in [0.717, 1.165) is 11.3 Å². The first-order valence-corrected chi connectivity index (χ1v) is 6.04. The van der Waals surface area contributed by atoms with Crippen LogP contribution >= 0.6 is 0 Å². The molecule has 5 heteroatoms. The zero-order valence-corrected chi connectivity index (χ0v) is 12.0. The number of carboxylic acids is 1. The van der Waals surface area contributed by atoms with E-state index in [0.29, 0.717) is 11.4 Å². The minimum absolute atomic E-state index is 0.186. The van der Waals surface area contributed by atoms with Gasteiger partial charge in [0.2, 0.25) is 0 Å². The van der Waals surface area contributed by atoms with Crippen molar-refractivity contribution >= 4 is 11.8 Å². The molecule has 5 nitrogen and oxygen atoms in total. The Balaban J connectivity index is 3.46. The first-order chi connectivity index (χ1) is 8.66. The van der Waals surface area contributed by atoms with Crippen LogP contribution in [0.2, 0.25) is 0 Å². The molecule has 1 rings (SSSR count). The minimum Gasteiger partial charge on any atom is -0.480 e. The Morgan fingerprint density at radius 2 is 2.05 bits per heavy atom. The minimum atomic E-state index is -0.945. The number of hydrogen-bond donors (Lipinski definition) is 1. The van der Waals surface area contributed by atoms with E-state index in [1.807, 2.05) is 40.7 Å². The predicted molar refractivity (Wildman–Crippen MR) is 73.2 cm³/mol. The largest absolute Gasteiger partial charge is 0.480 e. The van der Waals surface area contributed by atoms with Crippen molar-refractivity contribution < 1.29 is 9.90 Å². The van der Waals surface area contributed by atoms with Gasteiger partial charge in [0.25, 0.3) is 0 Å². The van der Waals surface area contributed by atoms with Gasteiger partial charge in [0.1, 0.15) is 18.4 Å². The summed E-state index contributed by atoms with van der Waals surface area (Å²) in [5, 5.41) is 18.3. The van der Waals surface area contributed by atoms with Gasteiger partial charge in [-0.2, -0.15) is 5.26 Å². The van der Waals surface area contributed by atoms with Crippen molar-refractivity contribution in [3.8, 4) is 6.07 Å². The molecule has 0 aromatic carbocycles. The average molecular weight is 261 g/mol. The molecule has 0 saturated heterocycles. The number of hydrogen-bond acceptors (Lipinski definition) is 4. The highest BCUT2D eigenvalue weighted by molar-refractivity contribution is 5.75. The maximum absolute atomic E-state index is 11.0. The first-order valence-electron chi connectivity index (χ1n) is 6.04. The van der Waals surface area contributed by atoms with Crippen LogP contribution in [0.4, 0.5) is 5.82 Å². The smallest absolute Gasteiger partial charge is 0.323 e. The van der Waals surface area contributed by atoms with Crippen LogP contribution < -0.4 is 4.90 Å². The number of pyridine rings is 1. The number of carboxylic acid groups (broad SMARTS) is 1. The average Bonchev–Trinajstić information content (AvgIpc) is 2.23. The van der Waals surface area contributed by atoms with Crippen molar-refractivity contribution in [2.45, 2.75) is 40.2 Å². The summed E-state index contributed by atoms with van der Waals surface area (Å²) in [7, 11) is 0. The molecule has 0 aliphatic heterocycles. The van der Waals surface area contributed by atoms with E-state index in [1.54, 1.807) is 4.90 Å². The van der Waals surface area contributed by atoms with Crippen LogP contribution in [-0.2, 0) is 4.79 Å². The van der Waals surface area contributed by atoms with Gasteiger partial charge in [0.15, 0.2) is 0 Å². The van der Waals surface area contributed by atoms with Crippen LogP contribution in [-0.4, -0.2) is 28.1 Å². The number of nitrogens with zero attached hydrogens (tertiary/aromatic N) is 3. The van der Waals surface area contributed by atoms with Gasteiger partial charge in [-0.3, -0.25) is 4.79 Å². The third-order valence-corrected chi connectivity index (χ3v) is 2.80. The number of anilines is 1. The lowest BCUT2D eigenvalue weighted by Crippen LogP contribution is -2.45. The molecule has 0 fully saturated rings. The summed E-state index contributed by atoms with van der Waals surface area (Å²) in [4.78, 5) is 17.1. The summed E-state index contributed by atoms with van der Waals surface area (Å²) in [6.45, 7) is 9.18. The van der Waals surface area contributed by atoms with E-state index in [1.165, 1.54) is 0 Å². The maximum Gasteiger partial charge on any atom is 0.323 e. The molecule has 1 aromatic rings. The highest BCUT2D eigenvalue weighted by Crippen LogP contribution is 2.27. The molecule has 0 radical (unpaired) electrons. The van der Waals surface area contributed by atoms with E-state index in [9.17, 15) is 10.1 Å². The second kappa shape index (κ2) is 5.27. The van der Waals surface area contributed by atoms with Gasteiger partial charge in [-0.15, -0.1) is 0 Å². The lowest BCUT2D eigenvalue weighted by Gasteiger charge is -2.36. The van der Waals surface area contributed by atoms with Gasteiger partial charge < -0.3 is 10.0 Å². The van der Waals surface area contributed by atoms with E-state index < -0.39 is 11.5 Å². The van der Waals surface area contributed by atoms with Gasteiger partial charge in [-0.1, -0.05) is 0 Å². The number of rotatable bonds is 3. The Morgan fingerprint density at radius 1 is 1.47 bits per heavy atom. The number of aromatic nitrogens is 1. The normalized spacial score (nSPS) is 10.9. The number of nitriles is 1. The Labute approximate surface area is 113 Å². The van der Waals surface area contributed by atoms with Crippen molar-refractivity contribution in [3.63, 3.8) is 0 Å². The highest BCUT2D eigenvalue weighted by Gasteiger charge is 2.28. The van der Waals surface area contributed by atoms with Gasteiger partial charge in [-0.05, 0) is 46.2 Å². The van der Waals surface area contributed by atoms with Gasteiger partial charge >= 0.3 is 5.97 Å². The molecule has 0 bridgehead atoms. The zero-order valence-electron chi connectivity index (χ0n) is 12.0. The van der Waals surface area contributed by atoms with Crippen LogP contribution in [0.5, 0.6) is 0 Å². The number of aliphatic carboxylic acids is 1. The summed E-state index contributed by atoms with van der Waals surface area (Å²) < 4.78 is 0. The van der Waals surface area contributed by atoms with Crippen LogP contribution in [0.25, 0.3) is 0 Å². The molecule has 0 unspecified atom stereocenters. The Morgan fingerprint density at radius 3 is 2.47 bits per heavy atom. The quantitative estimate of drug-likeness (QED) is 0.903. The molecule has 1 aromatic heterocycles. The fourth-order valence-corrected chi connectivity index (χ4v) is 1.92. The second-order valence-corrected chi connectivity index (χ2v) is 5.54. The maximum atomic E-state index is 11.0. The van der Waals surface area contributed by atoms with Crippen molar-refractivity contribution in [1.29, 1.82) is 5.26 Å². The third kappa shape index (κ3) is 3.44. The number of aryl methyl sites for hydroxylation is 2. The summed E-state index contributed by atoms with van der Waals surface area (Å²) in [6.07, 6.45) is 0. The van der Waals surface area contributed by atoms with Crippen molar-refractivity contribution in [3.05, 3.63) is 22.9 Å². The molecule has 1 N–H and O–H groups in total. The number of carbonyl (C=O) groups is 1. The van der Waals surface area contributed by atoms with Crippen LogP contribution in [0.1, 0.15) is 37.6 Å². The van der Waals surface area contributed by atoms with Crippen LogP contribution in [0, 0.1) is 25.2 Å². The van der Waals surface area contributed by atoms with Crippen LogP contribution in [0.15, 0.2) is 6.07 Å². The lowest BCUT2D eigenvalue weighted by atomic mass is 10.0. The Bertz CT molecular complexity index is 539. The molecule has 102 valence electrons. The van der Waals surface area contributed by atoms with E-state index >= 15 is 0 Å². The van der Waals surface area contributed by atoms with Crippen molar-refractivity contribution in [1.82, 2.24) is 4.98 Å². The van der Waals surface area contributed by atoms with E-state index in [-0.39, 0.29) is 6.54 Å². The fourth-order valence-electron chi connectivity index (χ4n) is 1.92. The first kappa shape index (κ1) is 15.0. The third-order valence-electron chi connectivity index (χ3n) is 2.80. The van der Waals surface area contributed by atoms with Crippen molar-refractivity contribution in [2.24, 2.45) is 0 Å². The molecule has 0 saturated carbocycles. The van der Waals surface area contributed by atoms with Crippen LogP contribution in [0.3, 0.4) is 0 Å². The molecule has 0 aliphatic carbocycles. The van der Waals surface area contributed by atoms with E-state index in [2.05, 4.69) is 11.1 Å². The van der Waals surface area contributed by atoms with Gasteiger partial charge in [0, 0.05) is 11.2 Å². The summed E-state index contributed by atoms with van der Waals surface area (Å²) in [5.41, 5.74) is 1.58. The molecular formula is C14H19N3O2. The molecule has 1 heterocycles. The van der Waals surface area contributed by atoms with E-state index in [4.69, 9.17) is 5.11 Å². The zero-order chi connectivity index (χ0) is 14.8. The molecule has 0 spiro atoms. The molecule has 0 aliphatic rings. The van der Waals surface area contributed by atoms with Gasteiger partial charge in [-0.25, -0.2) is 4.98 Å². The Kier molecular flexibility index (Phi) is 4.15. The monoisotopic (exact) mass is 261 g/mol. The summed E-state index contributed by atoms with van der Waals surface area (Å²) in [5.74, 6) is -0.505. The van der Waals surface area contributed by atoms with Gasteiger partial charge in [0.05, 0.1) is 5.56 Å². The second-order valence-electron chi connectivity index (χ2n) is 5.54. The standard InChI is InChI=1S/C14H19N3O2/c1-9-6-10(2)16-13(11(9)7-15)17(8-12(18)19)14(3,4)5/h6H,8H2,1-5H3,(H,18,19). The van der Waals surface area contributed by atoms with Crippen molar-refractivity contribution in [2.75, 3.05) is 11.4 Å². The summed E-state index contributed by atoms with van der Waals surface area (Å²) in [6, 6.07) is 3.94. The predicted octanol–water partition coefficient (Wildman–Crippen LogP) is 2.26. The lowest BCUT2D eigenvalue weighted by molar-refractivity contribution is -0.135. The highest BCUT2D eigenvalue weighted by atomic mass is 16.4.